The second-order valence-electron chi connectivity index (χ2n) is 4.13. The molecule has 0 saturated heterocycles. The number of carboxylic acid groups (broad SMARTS) is 1. The van der Waals surface area contributed by atoms with Crippen LogP contribution in [0.25, 0.3) is 0 Å². The number of aromatic nitrogens is 2. The number of unbranched alkanes of at least 4 members (excludes halogenated alkanes) is 1. The van der Waals surface area contributed by atoms with Crippen molar-refractivity contribution < 1.29 is 14.5 Å². The summed E-state index contributed by atoms with van der Waals surface area (Å²) in [6.07, 6.45) is 9.48. The molecule has 0 saturated carbocycles. The number of hydrogen-bond donors (Lipinski definition) is 1. The van der Waals surface area contributed by atoms with Crippen LogP contribution in [-0.2, 0) is 18.4 Å². The van der Waals surface area contributed by atoms with Crippen LogP contribution in [0.2, 0.25) is 0 Å². The Kier molecular flexibility index (Phi) is 6.77. The number of nitrogens with zero attached hydrogens (tertiary/aromatic N) is 2. The molecule has 0 aliphatic carbocycles. The molecular formula is C12H21N2O2S+. The van der Waals surface area contributed by atoms with Gasteiger partial charge in [0.2, 0.25) is 6.33 Å². The molecule has 0 aliphatic heterocycles. The van der Waals surface area contributed by atoms with Crippen molar-refractivity contribution in [2.75, 3.05) is 11.5 Å². The zero-order valence-corrected chi connectivity index (χ0v) is 11.2. The summed E-state index contributed by atoms with van der Waals surface area (Å²) in [5, 5.41) is 8.47. The van der Waals surface area contributed by atoms with E-state index in [1.54, 1.807) is 0 Å². The van der Waals surface area contributed by atoms with Gasteiger partial charge in [0.05, 0.1) is 13.6 Å². The van der Waals surface area contributed by atoms with Crippen LogP contribution in [0.5, 0.6) is 0 Å². The zero-order valence-electron chi connectivity index (χ0n) is 10.3. The number of thioether (sulfide) groups is 1. The van der Waals surface area contributed by atoms with Crippen molar-refractivity contribution in [2.45, 2.75) is 32.2 Å². The highest BCUT2D eigenvalue weighted by Crippen LogP contribution is 2.08. The summed E-state index contributed by atoms with van der Waals surface area (Å²) in [6, 6.07) is 0. The minimum Gasteiger partial charge on any atom is -0.481 e. The Morgan fingerprint density at radius 2 is 2.12 bits per heavy atom. The van der Waals surface area contributed by atoms with Gasteiger partial charge in [-0.1, -0.05) is 0 Å². The second-order valence-corrected chi connectivity index (χ2v) is 5.36. The third-order valence-electron chi connectivity index (χ3n) is 2.46. The fourth-order valence-electron chi connectivity index (χ4n) is 1.57. The summed E-state index contributed by atoms with van der Waals surface area (Å²) in [5.41, 5.74) is 0. The first-order chi connectivity index (χ1) is 8.18. The molecule has 0 unspecified atom stereocenters. The van der Waals surface area contributed by atoms with Gasteiger partial charge in [-0.3, -0.25) is 4.79 Å². The van der Waals surface area contributed by atoms with Gasteiger partial charge in [-0.15, -0.1) is 0 Å². The smallest absolute Gasteiger partial charge is 0.303 e. The first-order valence-corrected chi connectivity index (χ1v) is 7.14. The molecule has 0 radical (unpaired) electrons. The molecule has 0 atom stereocenters. The molecule has 17 heavy (non-hydrogen) atoms. The molecule has 5 heteroatoms. The molecule has 0 aromatic carbocycles. The zero-order chi connectivity index (χ0) is 12.5. The Hall–Kier alpha value is -0.970. The van der Waals surface area contributed by atoms with E-state index >= 15 is 0 Å². The number of carboxylic acids is 1. The average molecular weight is 257 g/mol. The van der Waals surface area contributed by atoms with Crippen molar-refractivity contribution in [1.82, 2.24) is 4.57 Å². The van der Waals surface area contributed by atoms with E-state index in [4.69, 9.17) is 5.11 Å². The fraction of sp³-hybridized carbons (Fsp3) is 0.667. The van der Waals surface area contributed by atoms with Crippen LogP contribution in [0.1, 0.15) is 25.7 Å². The van der Waals surface area contributed by atoms with Gasteiger partial charge < -0.3 is 5.11 Å². The van der Waals surface area contributed by atoms with E-state index in [0.717, 1.165) is 37.3 Å². The van der Waals surface area contributed by atoms with E-state index in [2.05, 4.69) is 17.1 Å². The van der Waals surface area contributed by atoms with Gasteiger partial charge in [-0.2, -0.15) is 11.8 Å². The fourth-order valence-corrected chi connectivity index (χ4v) is 2.51. The van der Waals surface area contributed by atoms with Gasteiger partial charge in [-0.25, -0.2) is 9.13 Å². The number of rotatable bonds is 9. The molecule has 0 spiro atoms. The summed E-state index contributed by atoms with van der Waals surface area (Å²) in [4.78, 5) is 10.3. The van der Waals surface area contributed by atoms with Gasteiger partial charge >= 0.3 is 5.97 Å². The normalized spacial score (nSPS) is 10.6. The van der Waals surface area contributed by atoms with E-state index in [0.29, 0.717) is 6.42 Å². The molecule has 1 aromatic heterocycles. The van der Waals surface area contributed by atoms with Crippen molar-refractivity contribution in [3.63, 3.8) is 0 Å². The molecular weight excluding hydrogens is 236 g/mol. The quantitative estimate of drug-likeness (QED) is 0.541. The first kappa shape index (κ1) is 14.1. The first-order valence-electron chi connectivity index (χ1n) is 5.99. The van der Waals surface area contributed by atoms with Crippen molar-refractivity contribution >= 4 is 17.7 Å². The molecule has 4 nitrogen and oxygen atoms in total. The van der Waals surface area contributed by atoms with Crippen molar-refractivity contribution in [3.05, 3.63) is 18.7 Å². The Labute approximate surface area is 107 Å². The molecule has 1 heterocycles. The average Bonchev–Trinajstić information content (AvgIpc) is 2.68. The standard InChI is InChI=1S/C12H20N2O2S/c1-13-7-8-14(11-13)6-4-10-17-9-3-2-5-12(15)16/h7-8,11H,2-6,9-10H2,1H3/p+1. The maximum absolute atomic E-state index is 10.3. The Balaban J connectivity index is 1.89. The SMILES string of the molecule is C[n+]1ccn(CCCSCCCCC(=O)O)c1. The second kappa shape index (κ2) is 8.17. The molecule has 0 amide bonds. The highest BCUT2D eigenvalue weighted by Gasteiger charge is 2.00. The highest BCUT2D eigenvalue weighted by atomic mass is 32.2. The van der Waals surface area contributed by atoms with Gasteiger partial charge in [-0.05, 0) is 30.8 Å². The minimum absolute atomic E-state index is 0.306. The van der Waals surface area contributed by atoms with Crippen molar-refractivity contribution in [1.29, 1.82) is 0 Å². The number of aryl methyl sites for hydroxylation is 2. The van der Waals surface area contributed by atoms with Crippen LogP contribution in [0.15, 0.2) is 18.7 Å². The molecule has 96 valence electrons. The third kappa shape index (κ3) is 7.05. The number of carbonyl (C=O) groups is 1. The summed E-state index contributed by atoms with van der Waals surface area (Å²) < 4.78 is 4.23. The molecule has 1 rings (SSSR count). The largest absolute Gasteiger partial charge is 0.481 e. The van der Waals surface area contributed by atoms with Gasteiger partial charge in [0.1, 0.15) is 12.4 Å². The van der Waals surface area contributed by atoms with Crippen LogP contribution in [0.3, 0.4) is 0 Å². The van der Waals surface area contributed by atoms with Crippen molar-refractivity contribution in [3.8, 4) is 0 Å². The van der Waals surface area contributed by atoms with Crippen LogP contribution < -0.4 is 4.57 Å². The summed E-state index contributed by atoms with van der Waals surface area (Å²) >= 11 is 1.92. The Morgan fingerprint density at radius 3 is 2.76 bits per heavy atom. The van der Waals surface area contributed by atoms with Gasteiger partial charge in [0.15, 0.2) is 0 Å². The van der Waals surface area contributed by atoms with E-state index in [9.17, 15) is 4.79 Å². The Bertz CT molecular complexity index is 339. The topological polar surface area (TPSA) is 46.1 Å². The molecule has 1 N–H and O–H groups in total. The predicted molar refractivity (Wildman–Crippen MR) is 69.0 cm³/mol. The third-order valence-corrected chi connectivity index (χ3v) is 3.61. The summed E-state index contributed by atoms with van der Waals surface area (Å²) in [6.45, 7) is 1.06. The van der Waals surface area contributed by atoms with Crippen LogP contribution >= 0.6 is 11.8 Å². The molecule has 0 aliphatic rings. The number of imidazole rings is 1. The predicted octanol–water partition coefficient (Wildman–Crippen LogP) is 1.69. The van der Waals surface area contributed by atoms with Crippen LogP contribution in [0.4, 0.5) is 0 Å². The lowest BCUT2D eigenvalue weighted by molar-refractivity contribution is -0.671. The number of hydrogen-bond acceptors (Lipinski definition) is 2. The maximum atomic E-state index is 10.3. The van der Waals surface area contributed by atoms with Gasteiger partial charge in [0.25, 0.3) is 0 Å². The minimum atomic E-state index is -0.685. The highest BCUT2D eigenvalue weighted by molar-refractivity contribution is 7.99. The lowest BCUT2D eigenvalue weighted by atomic mass is 10.3. The van der Waals surface area contributed by atoms with E-state index in [-0.39, 0.29) is 0 Å². The lowest BCUT2D eigenvalue weighted by Crippen LogP contribution is -2.23. The number of aliphatic carboxylic acids is 1. The molecule has 0 fully saturated rings. The molecule has 1 aromatic rings. The van der Waals surface area contributed by atoms with Gasteiger partial charge in [0, 0.05) is 6.42 Å². The monoisotopic (exact) mass is 257 g/mol. The van der Waals surface area contributed by atoms with E-state index < -0.39 is 5.97 Å². The van der Waals surface area contributed by atoms with Crippen molar-refractivity contribution in [2.24, 2.45) is 7.05 Å². The summed E-state index contributed by atoms with van der Waals surface area (Å²) in [7, 11) is 2.02. The van der Waals surface area contributed by atoms with Crippen LogP contribution in [-0.4, -0.2) is 27.1 Å². The van der Waals surface area contributed by atoms with Crippen LogP contribution in [0, 0.1) is 0 Å². The van der Waals surface area contributed by atoms with E-state index in [1.165, 1.54) is 0 Å². The molecule has 0 bridgehead atoms. The maximum Gasteiger partial charge on any atom is 0.303 e. The lowest BCUT2D eigenvalue weighted by Gasteiger charge is -2.00. The van der Waals surface area contributed by atoms with E-state index in [1.807, 2.05) is 29.6 Å². The summed E-state index contributed by atoms with van der Waals surface area (Å²) in [5.74, 6) is 1.54. The Morgan fingerprint density at radius 1 is 1.35 bits per heavy atom.